The van der Waals surface area contributed by atoms with Gasteiger partial charge in [-0.15, -0.1) is 0 Å². The van der Waals surface area contributed by atoms with Crippen molar-refractivity contribution in [3.63, 3.8) is 0 Å². The Morgan fingerprint density at radius 3 is 2.51 bits per heavy atom. The Morgan fingerprint density at radius 2 is 1.91 bits per heavy atom. The number of nitrogens with zero attached hydrogens (tertiary/aromatic N) is 2. The van der Waals surface area contributed by atoms with Gasteiger partial charge in [-0.25, -0.2) is 0 Å². The van der Waals surface area contributed by atoms with Gasteiger partial charge in [-0.3, -0.25) is 15.2 Å². The predicted molar refractivity (Wildman–Crippen MR) is 130 cm³/mol. The molecule has 0 aliphatic heterocycles. The Labute approximate surface area is 207 Å². The molecule has 6 nitrogen and oxygen atoms in total. The summed E-state index contributed by atoms with van der Waals surface area (Å²) in [6, 6.07) is 9.08. The normalized spacial score (nSPS) is 13.5. The second-order valence-corrected chi connectivity index (χ2v) is 9.30. The van der Waals surface area contributed by atoms with Crippen LogP contribution in [0.15, 0.2) is 48.7 Å². The highest BCUT2D eigenvalue weighted by atomic mass is 35.5. The molecule has 0 radical (unpaired) electrons. The summed E-state index contributed by atoms with van der Waals surface area (Å²) in [7, 11) is 1.71. The van der Waals surface area contributed by atoms with Crippen molar-refractivity contribution < 1.29 is 22.7 Å². The number of aromatic nitrogens is 2. The second kappa shape index (κ2) is 10.7. The van der Waals surface area contributed by atoms with Gasteiger partial charge in [0.2, 0.25) is 0 Å². The maximum atomic E-state index is 13.0. The number of carbonyl (C=O) groups excluding carboxylic acids is 1. The van der Waals surface area contributed by atoms with Crippen LogP contribution in [0.5, 0.6) is 5.75 Å². The number of nitrogens with one attached hydrogen (secondary N) is 1. The topological polar surface area (TPSA) is 82.2 Å². The number of amides is 1. The summed E-state index contributed by atoms with van der Waals surface area (Å²) in [4.78, 5) is 12.7. The van der Waals surface area contributed by atoms with Gasteiger partial charge >= 0.3 is 6.18 Å². The number of alkyl halides is 3. The molecule has 0 aliphatic carbocycles. The molecule has 188 valence electrons. The van der Waals surface area contributed by atoms with Crippen molar-refractivity contribution in [3.8, 4) is 17.0 Å². The third-order valence-electron chi connectivity index (χ3n) is 5.51. The maximum Gasteiger partial charge on any atom is 0.416 e. The van der Waals surface area contributed by atoms with E-state index in [2.05, 4.69) is 24.3 Å². The number of benzene rings is 2. The van der Waals surface area contributed by atoms with E-state index in [0.29, 0.717) is 33.6 Å². The average molecular weight is 509 g/mol. The van der Waals surface area contributed by atoms with Gasteiger partial charge in [0.1, 0.15) is 12.0 Å². The first-order chi connectivity index (χ1) is 16.4. The Balaban J connectivity index is 1.93. The van der Waals surface area contributed by atoms with Crippen molar-refractivity contribution in [2.24, 2.45) is 24.6 Å². The van der Waals surface area contributed by atoms with Crippen LogP contribution in [0.1, 0.15) is 43.1 Å². The Kier molecular flexibility index (Phi) is 8.12. The van der Waals surface area contributed by atoms with Crippen LogP contribution in [-0.4, -0.2) is 21.9 Å². The van der Waals surface area contributed by atoms with Crippen LogP contribution in [0, 0.1) is 11.8 Å². The van der Waals surface area contributed by atoms with Crippen LogP contribution in [0.2, 0.25) is 5.02 Å². The molecule has 3 rings (SSSR count). The lowest BCUT2D eigenvalue weighted by Crippen LogP contribution is -2.35. The molecule has 1 heterocycles. The molecule has 2 atom stereocenters. The number of aryl methyl sites for hydroxylation is 1. The summed E-state index contributed by atoms with van der Waals surface area (Å²) in [6.45, 7) is 6.21. The van der Waals surface area contributed by atoms with Crippen LogP contribution < -0.4 is 15.8 Å². The zero-order valence-electron chi connectivity index (χ0n) is 19.9. The fourth-order valence-electron chi connectivity index (χ4n) is 3.79. The molecule has 0 saturated carbocycles. The molecule has 35 heavy (non-hydrogen) atoms. The lowest BCUT2D eigenvalue weighted by Gasteiger charge is -2.24. The van der Waals surface area contributed by atoms with Crippen LogP contribution in [0.25, 0.3) is 11.3 Å². The molecule has 1 aromatic heterocycles. The Bertz CT molecular complexity index is 1170. The third kappa shape index (κ3) is 6.55. The zero-order valence-corrected chi connectivity index (χ0v) is 20.6. The zero-order chi connectivity index (χ0) is 25.9. The molecular weight excluding hydrogens is 481 g/mol. The number of hydrogen-bond donors (Lipinski definition) is 2. The number of carbonyl (C=O) groups is 1. The number of nitrogens with two attached hydrogens (primary N) is 1. The lowest BCUT2D eigenvalue weighted by atomic mass is 9.97. The van der Waals surface area contributed by atoms with Gasteiger partial charge in [0.25, 0.3) is 5.91 Å². The SMILES string of the molecule is CC(C)CC(C)C(N)Oc1ccc(NC(=O)c2cccc(C(F)(F)F)c2)cc1-c1c(Cl)cnn1C. The highest BCUT2D eigenvalue weighted by molar-refractivity contribution is 6.33. The summed E-state index contributed by atoms with van der Waals surface area (Å²) in [5.74, 6) is 0.272. The summed E-state index contributed by atoms with van der Waals surface area (Å²) in [5.41, 5.74) is 6.70. The minimum atomic E-state index is -4.55. The van der Waals surface area contributed by atoms with Crippen molar-refractivity contribution >= 4 is 23.2 Å². The molecule has 10 heteroatoms. The van der Waals surface area contributed by atoms with E-state index in [9.17, 15) is 18.0 Å². The molecule has 0 fully saturated rings. The molecule has 0 bridgehead atoms. The fourth-order valence-corrected chi connectivity index (χ4v) is 4.06. The van der Waals surface area contributed by atoms with Crippen molar-refractivity contribution in [2.75, 3.05) is 5.32 Å². The van der Waals surface area contributed by atoms with E-state index >= 15 is 0 Å². The quantitative estimate of drug-likeness (QED) is 0.347. The van der Waals surface area contributed by atoms with E-state index in [-0.39, 0.29) is 11.5 Å². The number of rotatable bonds is 8. The largest absolute Gasteiger partial charge is 0.475 e. The van der Waals surface area contributed by atoms with E-state index in [4.69, 9.17) is 22.1 Å². The number of hydrogen-bond acceptors (Lipinski definition) is 4. The molecule has 2 aromatic carbocycles. The highest BCUT2D eigenvalue weighted by Gasteiger charge is 2.31. The van der Waals surface area contributed by atoms with Gasteiger partial charge in [0.15, 0.2) is 0 Å². The molecule has 0 spiro atoms. The van der Waals surface area contributed by atoms with Crippen molar-refractivity contribution in [3.05, 3.63) is 64.8 Å². The first-order valence-corrected chi connectivity index (χ1v) is 11.5. The van der Waals surface area contributed by atoms with E-state index in [0.717, 1.165) is 18.6 Å². The number of anilines is 1. The minimum Gasteiger partial charge on any atom is -0.475 e. The standard InChI is InChI=1S/C25H28ClF3N4O2/c1-14(2)10-15(3)23(30)35-21-9-8-18(12-19(21)22-20(26)13-31-33(22)4)32-24(34)16-6-5-7-17(11-16)25(27,28)29/h5-9,11-15,23H,10,30H2,1-4H3,(H,32,34). The van der Waals surface area contributed by atoms with E-state index in [1.54, 1.807) is 29.9 Å². The first-order valence-electron chi connectivity index (χ1n) is 11.1. The minimum absolute atomic E-state index is 0.0742. The van der Waals surface area contributed by atoms with Crippen molar-refractivity contribution in [1.29, 1.82) is 0 Å². The molecule has 3 N–H and O–H groups in total. The van der Waals surface area contributed by atoms with Gasteiger partial charge in [-0.1, -0.05) is 38.4 Å². The van der Waals surface area contributed by atoms with E-state index < -0.39 is 23.9 Å². The fraction of sp³-hybridized carbons (Fsp3) is 0.360. The average Bonchev–Trinajstić information content (AvgIpc) is 3.11. The van der Waals surface area contributed by atoms with Crippen LogP contribution in [-0.2, 0) is 13.2 Å². The molecule has 3 aromatic rings. The van der Waals surface area contributed by atoms with Gasteiger partial charge in [0, 0.05) is 29.8 Å². The number of ether oxygens (including phenoxy) is 1. The van der Waals surface area contributed by atoms with Crippen LogP contribution >= 0.6 is 11.6 Å². The summed E-state index contributed by atoms with van der Waals surface area (Å²) >= 11 is 6.37. The third-order valence-corrected chi connectivity index (χ3v) is 5.78. The van der Waals surface area contributed by atoms with E-state index in [1.807, 2.05) is 6.92 Å². The Morgan fingerprint density at radius 1 is 1.20 bits per heavy atom. The predicted octanol–water partition coefficient (Wildman–Crippen LogP) is 6.36. The van der Waals surface area contributed by atoms with Crippen LogP contribution in [0.3, 0.4) is 0 Å². The van der Waals surface area contributed by atoms with Gasteiger partial charge < -0.3 is 10.1 Å². The van der Waals surface area contributed by atoms with Gasteiger partial charge in [0.05, 0.1) is 22.5 Å². The summed E-state index contributed by atoms with van der Waals surface area (Å²) in [5, 5.41) is 7.17. The summed E-state index contributed by atoms with van der Waals surface area (Å²) < 4.78 is 46.8. The smallest absolute Gasteiger partial charge is 0.416 e. The molecule has 2 unspecified atom stereocenters. The monoisotopic (exact) mass is 508 g/mol. The molecule has 0 saturated heterocycles. The van der Waals surface area contributed by atoms with Crippen molar-refractivity contribution in [2.45, 2.75) is 39.6 Å². The molecular formula is C25H28ClF3N4O2. The van der Waals surface area contributed by atoms with Gasteiger partial charge in [-0.2, -0.15) is 18.3 Å². The van der Waals surface area contributed by atoms with E-state index in [1.165, 1.54) is 18.3 Å². The molecule has 1 amide bonds. The maximum absolute atomic E-state index is 13.0. The second-order valence-electron chi connectivity index (χ2n) is 8.90. The van der Waals surface area contributed by atoms with Gasteiger partial charge in [-0.05, 0) is 48.7 Å². The van der Waals surface area contributed by atoms with Crippen molar-refractivity contribution in [1.82, 2.24) is 9.78 Å². The first kappa shape index (κ1) is 26.6. The lowest BCUT2D eigenvalue weighted by molar-refractivity contribution is -0.137. The van der Waals surface area contributed by atoms with Crippen LogP contribution in [0.4, 0.5) is 18.9 Å². The molecule has 0 aliphatic rings. The summed E-state index contributed by atoms with van der Waals surface area (Å²) in [6.07, 6.45) is -2.79. The highest BCUT2D eigenvalue weighted by Crippen LogP contribution is 2.37. The number of halogens is 4. The Hall–Kier alpha value is -3.04.